The molecule has 0 bridgehead atoms. The molecule has 0 unspecified atom stereocenters. The molecule has 3 aromatic rings. The van der Waals surface area contributed by atoms with E-state index < -0.39 is 0 Å². The summed E-state index contributed by atoms with van der Waals surface area (Å²) in [4.78, 5) is 0. The van der Waals surface area contributed by atoms with Crippen LogP contribution >= 0.6 is 0 Å². The molecule has 0 saturated carbocycles. The topological polar surface area (TPSA) is 59.2 Å². The molecule has 0 amide bonds. The Morgan fingerprint density at radius 1 is 0.900 bits per heavy atom. The number of halogens is 1. The van der Waals surface area contributed by atoms with E-state index in [1.807, 2.05) is 0 Å². The zero-order valence-electron chi connectivity index (χ0n) is 10.5. The van der Waals surface area contributed by atoms with Gasteiger partial charge >= 0.3 is 0 Å². The number of benzene rings is 2. The van der Waals surface area contributed by atoms with Crippen molar-refractivity contribution in [3.63, 3.8) is 0 Å². The number of aromatic hydroxyl groups is 1. The van der Waals surface area contributed by atoms with Crippen molar-refractivity contribution in [2.24, 2.45) is 0 Å². The summed E-state index contributed by atoms with van der Waals surface area (Å²) in [6.07, 6.45) is 0. The van der Waals surface area contributed by atoms with E-state index in [4.69, 9.17) is 4.42 Å². The molecule has 0 spiro atoms. The zero-order chi connectivity index (χ0) is 13.2. The van der Waals surface area contributed by atoms with E-state index in [1.54, 1.807) is 30.3 Å². The molecule has 6 heteroatoms. The van der Waals surface area contributed by atoms with Crippen LogP contribution in [0.15, 0.2) is 52.9 Å². The van der Waals surface area contributed by atoms with Crippen LogP contribution in [0, 0.1) is 5.82 Å². The summed E-state index contributed by atoms with van der Waals surface area (Å²) in [7, 11) is 0. The van der Waals surface area contributed by atoms with Gasteiger partial charge in [0.25, 0.3) is 5.89 Å². The third-order valence-corrected chi connectivity index (χ3v) is 2.65. The number of hydrogen-bond acceptors (Lipinski definition) is 4. The zero-order valence-corrected chi connectivity index (χ0v) is 13.4. The third kappa shape index (κ3) is 2.75. The molecule has 2 aromatic carbocycles. The Bertz CT molecular complexity index is 713. The predicted molar refractivity (Wildman–Crippen MR) is 66.8 cm³/mol. The Kier molecular flexibility index (Phi) is 4.25. The van der Waals surface area contributed by atoms with E-state index in [2.05, 4.69) is 10.2 Å². The number of para-hydroxylation sites is 1. The van der Waals surface area contributed by atoms with Crippen LogP contribution in [-0.2, 0) is 19.5 Å². The maximum atomic E-state index is 12.8. The SMILES string of the molecule is Oc1ccccc1-c1nnc(-c2ccc(F)cc2)o1.[Zn]. The minimum absolute atomic E-state index is 0. The molecule has 1 aromatic heterocycles. The molecule has 0 aliphatic heterocycles. The van der Waals surface area contributed by atoms with Crippen molar-refractivity contribution in [1.82, 2.24) is 10.2 Å². The monoisotopic (exact) mass is 320 g/mol. The number of aromatic nitrogens is 2. The standard InChI is InChI=1S/C14H9FN2O2.Zn/c15-10-7-5-9(6-8-10)13-16-17-14(19-13)11-3-1-2-4-12(11)18;/h1-8,18H;. The smallest absolute Gasteiger partial charge is 0.251 e. The van der Waals surface area contributed by atoms with E-state index >= 15 is 0 Å². The fourth-order valence-corrected chi connectivity index (χ4v) is 1.70. The molecule has 0 saturated heterocycles. The van der Waals surface area contributed by atoms with Crippen LogP contribution in [-0.4, -0.2) is 15.3 Å². The van der Waals surface area contributed by atoms with Gasteiger partial charge in [0.05, 0.1) is 5.56 Å². The average Bonchev–Trinajstić information content (AvgIpc) is 2.89. The van der Waals surface area contributed by atoms with Crippen LogP contribution in [0.25, 0.3) is 22.9 Å². The van der Waals surface area contributed by atoms with Crippen molar-refractivity contribution in [3.05, 3.63) is 54.3 Å². The van der Waals surface area contributed by atoms with Gasteiger partial charge in [0.1, 0.15) is 11.6 Å². The van der Waals surface area contributed by atoms with Crippen molar-refractivity contribution >= 4 is 0 Å². The first-order valence-corrected chi connectivity index (χ1v) is 5.62. The number of rotatable bonds is 2. The molecular formula is C14H9FN2O2Zn. The first-order chi connectivity index (χ1) is 9.24. The van der Waals surface area contributed by atoms with Crippen molar-refractivity contribution in [2.75, 3.05) is 0 Å². The summed E-state index contributed by atoms with van der Waals surface area (Å²) < 4.78 is 18.3. The molecule has 0 aliphatic carbocycles. The van der Waals surface area contributed by atoms with Gasteiger partial charge in [-0.15, -0.1) is 10.2 Å². The number of nitrogens with zero attached hydrogens (tertiary/aromatic N) is 2. The third-order valence-electron chi connectivity index (χ3n) is 2.65. The van der Waals surface area contributed by atoms with Gasteiger partial charge in [0, 0.05) is 25.0 Å². The van der Waals surface area contributed by atoms with Gasteiger partial charge < -0.3 is 9.52 Å². The summed E-state index contributed by atoms with van der Waals surface area (Å²) in [5, 5.41) is 17.5. The molecule has 4 nitrogen and oxygen atoms in total. The normalized spacial score (nSPS) is 10.1. The second-order valence-corrected chi connectivity index (χ2v) is 3.94. The second-order valence-electron chi connectivity index (χ2n) is 3.94. The molecular weight excluding hydrogens is 313 g/mol. The quantitative estimate of drug-likeness (QED) is 0.736. The Morgan fingerprint density at radius 2 is 1.55 bits per heavy atom. The van der Waals surface area contributed by atoms with Gasteiger partial charge in [-0.2, -0.15) is 0 Å². The Balaban J connectivity index is 0.00000147. The summed E-state index contributed by atoms with van der Waals surface area (Å²) in [6.45, 7) is 0. The molecule has 20 heavy (non-hydrogen) atoms. The van der Waals surface area contributed by atoms with E-state index in [9.17, 15) is 9.50 Å². The molecule has 96 valence electrons. The van der Waals surface area contributed by atoms with Gasteiger partial charge in [0.15, 0.2) is 0 Å². The Labute approximate surface area is 127 Å². The molecule has 1 heterocycles. The fraction of sp³-hybridized carbons (Fsp3) is 0. The summed E-state index contributed by atoms with van der Waals surface area (Å²) in [6, 6.07) is 12.4. The number of hydrogen-bond donors (Lipinski definition) is 1. The van der Waals surface area contributed by atoms with Gasteiger partial charge in [-0.3, -0.25) is 0 Å². The van der Waals surface area contributed by atoms with Crippen LogP contribution in [0.5, 0.6) is 5.75 Å². The molecule has 0 fully saturated rings. The summed E-state index contributed by atoms with van der Waals surface area (Å²) >= 11 is 0. The Hall–Kier alpha value is -2.07. The molecule has 0 radical (unpaired) electrons. The van der Waals surface area contributed by atoms with Gasteiger partial charge in [-0.05, 0) is 36.4 Å². The fourth-order valence-electron chi connectivity index (χ4n) is 1.70. The van der Waals surface area contributed by atoms with Crippen LogP contribution < -0.4 is 0 Å². The maximum absolute atomic E-state index is 12.8. The maximum Gasteiger partial charge on any atom is 0.251 e. The largest absolute Gasteiger partial charge is 0.507 e. The van der Waals surface area contributed by atoms with Crippen LogP contribution in [0.2, 0.25) is 0 Å². The van der Waals surface area contributed by atoms with Gasteiger partial charge in [0.2, 0.25) is 5.89 Å². The van der Waals surface area contributed by atoms with Crippen LogP contribution in [0.3, 0.4) is 0 Å². The molecule has 0 aliphatic rings. The molecule has 3 rings (SSSR count). The van der Waals surface area contributed by atoms with E-state index in [0.717, 1.165) is 0 Å². The Morgan fingerprint density at radius 3 is 2.25 bits per heavy atom. The predicted octanol–water partition coefficient (Wildman–Crippen LogP) is 3.25. The van der Waals surface area contributed by atoms with E-state index in [-0.39, 0.29) is 42.8 Å². The van der Waals surface area contributed by atoms with E-state index in [0.29, 0.717) is 11.1 Å². The summed E-state index contributed by atoms with van der Waals surface area (Å²) in [5.74, 6) is 0.233. The minimum atomic E-state index is -0.329. The van der Waals surface area contributed by atoms with Crippen molar-refractivity contribution in [3.8, 4) is 28.7 Å². The number of phenolic OH excluding ortho intramolecular Hbond substituents is 1. The minimum Gasteiger partial charge on any atom is -0.507 e. The van der Waals surface area contributed by atoms with Crippen molar-refractivity contribution in [2.45, 2.75) is 0 Å². The first kappa shape index (κ1) is 14.3. The van der Waals surface area contributed by atoms with Crippen molar-refractivity contribution < 1.29 is 33.4 Å². The van der Waals surface area contributed by atoms with Crippen molar-refractivity contribution in [1.29, 1.82) is 0 Å². The van der Waals surface area contributed by atoms with Crippen LogP contribution in [0.4, 0.5) is 4.39 Å². The first-order valence-electron chi connectivity index (χ1n) is 5.62. The summed E-state index contributed by atoms with van der Waals surface area (Å²) in [5.41, 5.74) is 1.08. The molecule has 1 N–H and O–H groups in total. The van der Waals surface area contributed by atoms with Gasteiger partial charge in [-0.25, -0.2) is 4.39 Å². The average molecular weight is 322 g/mol. The second kappa shape index (κ2) is 5.93. The van der Waals surface area contributed by atoms with E-state index in [1.165, 1.54) is 18.2 Å². The molecule has 0 atom stereocenters. The van der Waals surface area contributed by atoms with Gasteiger partial charge in [-0.1, -0.05) is 12.1 Å². The number of phenols is 1. The van der Waals surface area contributed by atoms with Crippen LogP contribution in [0.1, 0.15) is 0 Å².